The molecule has 47 heavy (non-hydrogen) atoms. The van der Waals surface area contributed by atoms with Gasteiger partial charge in [-0.3, -0.25) is 9.69 Å². The first-order valence-electron chi connectivity index (χ1n) is 16.8. The van der Waals surface area contributed by atoms with E-state index < -0.39 is 11.3 Å². The summed E-state index contributed by atoms with van der Waals surface area (Å²) in [7, 11) is 1.40. The SMILES string of the molecule is COC(=O)Cc1ccccc1OCc1cc(-c2cccc([C@@H]3COC(C)(C)N3C(=O)OC(C)(C)C)c2)cc(N2CC3(CCCC3)C2)c1. The molecular formula is C39H48N2O6. The molecule has 250 valence electrons. The molecule has 3 aromatic rings. The van der Waals surface area contributed by atoms with E-state index in [0.717, 1.165) is 40.9 Å². The Kier molecular flexibility index (Phi) is 9.00. The lowest BCUT2D eigenvalue weighted by Gasteiger charge is -2.50. The average Bonchev–Trinajstić information content (AvgIpc) is 3.63. The van der Waals surface area contributed by atoms with Crippen LogP contribution in [-0.4, -0.2) is 55.1 Å². The van der Waals surface area contributed by atoms with Gasteiger partial charge in [0, 0.05) is 29.8 Å². The zero-order valence-corrected chi connectivity index (χ0v) is 28.6. The third kappa shape index (κ3) is 7.28. The first-order valence-corrected chi connectivity index (χ1v) is 16.8. The Bertz CT molecular complexity index is 1610. The van der Waals surface area contributed by atoms with Gasteiger partial charge in [0.05, 0.1) is 26.2 Å². The largest absolute Gasteiger partial charge is 0.489 e. The number of esters is 1. The predicted molar refractivity (Wildman–Crippen MR) is 182 cm³/mol. The van der Waals surface area contributed by atoms with Gasteiger partial charge in [-0.05, 0) is 100 Å². The minimum Gasteiger partial charge on any atom is -0.489 e. The van der Waals surface area contributed by atoms with E-state index in [-0.39, 0.29) is 24.5 Å². The number of carbonyl (C=O) groups is 2. The first-order chi connectivity index (χ1) is 22.3. The van der Waals surface area contributed by atoms with Crippen LogP contribution < -0.4 is 9.64 Å². The molecule has 6 rings (SSSR count). The molecule has 8 nitrogen and oxygen atoms in total. The van der Waals surface area contributed by atoms with Crippen LogP contribution in [0.25, 0.3) is 11.1 Å². The van der Waals surface area contributed by atoms with Crippen LogP contribution in [0.3, 0.4) is 0 Å². The maximum atomic E-state index is 13.4. The zero-order valence-electron chi connectivity index (χ0n) is 28.6. The highest BCUT2D eigenvalue weighted by Gasteiger charge is 2.47. The summed E-state index contributed by atoms with van der Waals surface area (Å²) in [6.45, 7) is 12.4. The molecule has 0 N–H and O–H groups in total. The number of amides is 1. The van der Waals surface area contributed by atoms with Crippen molar-refractivity contribution in [2.24, 2.45) is 5.41 Å². The van der Waals surface area contributed by atoms with E-state index in [9.17, 15) is 9.59 Å². The lowest BCUT2D eigenvalue weighted by molar-refractivity contribution is -0.139. The molecule has 2 heterocycles. The van der Waals surface area contributed by atoms with Crippen LogP contribution in [0.2, 0.25) is 0 Å². The fourth-order valence-corrected chi connectivity index (χ4v) is 7.30. The number of ether oxygens (including phenoxy) is 4. The predicted octanol–water partition coefficient (Wildman–Crippen LogP) is 8.07. The van der Waals surface area contributed by atoms with Crippen LogP contribution in [0.4, 0.5) is 10.5 Å². The van der Waals surface area contributed by atoms with E-state index in [0.29, 0.717) is 24.4 Å². The molecule has 0 unspecified atom stereocenters. The van der Waals surface area contributed by atoms with Crippen molar-refractivity contribution in [2.45, 2.75) is 90.7 Å². The molecule has 1 aliphatic carbocycles. The summed E-state index contributed by atoms with van der Waals surface area (Å²) in [6.07, 6.45) is 5.04. The van der Waals surface area contributed by atoms with Crippen LogP contribution in [0, 0.1) is 5.41 Å². The van der Waals surface area contributed by atoms with Crippen LogP contribution in [0.5, 0.6) is 5.75 Å². The Morgan fingerprint density at radius 2 is 1.68 bits per heavy atom. The molecule has 1 saturated carbocycles. The van der Waals surface area contributed by atoms with E-state index in [1.165, 1.54) is 38.5 Å². The fraction of sp³-hybridized carbons (Fsp3) is 0.487. The minimum atomic E-state index is -0.800. The van der Waals surface area contributed by atoms with Crippen LogP contribution in [-0.2, 0) is 32.0 Å². The fourth-order valence-electron chi connectivity index (χ4n) is 7.30. The second-order valence-electron chi connectivity index (χ2n) is 14.8. The summed E-state index contributed by atoms with van der Waals surface area (Å²) >= 11 is 0. The summed E-state index contributed by atoms with van der Waals surface area (Å²) in [6, 6.07) is 22.4. The number of benzene rings is 3. The van der Waals surface area contributed by atoms with Gasteiger partial charge in [0.25, 0.3) is 0 Å². The minimum absolute atomic E-state index is 0.155. The molecule has 3 aliphatic rings. The lowest BCUT2D eigenvalue weighted by atomic mass is 9.78. The summed E-state index contributed by atoms with van der Waals surface area (Å²) in [5, 5.41) is 0. The van der Waals surface area contributed by atoms with E-state index in [1.807, 2.05) is 65.0 Å². The van der Waals surface area contributed by atoms with Crippen LogP contribution in [0.15, 0.2) is 66.7 Å². The monoisotopic (exact) mass is 640 g/mol. The van der Waals surface area contributed by atoms with Crippen molar-refractivity contribution < 1.29 is 28.5 Å². The number of rotatable bonds is 8. The zero-order chi connectivity index (χ0) is 33.4. The molecule has 1 atom stereocenters. The normalized spacial score (nSPS) is 19.8. The maximum Gasteiger partial charge on any atom is 0.413 e. The Balaban J connectivity index is 1.30. The van der Waals surface area contributed by atoms with Gasteiger partial charge in [0.1, 0.15) is 23.7 Å². The number of hydrogen-bond donors (Lipinski definition) is 0. The standard InChI is InChI=1S/C39H48N2O6/c1-37(2,3)47-36(43)41-33(24-46-38(41,4)5)29-14-11-13-28(20-29)31-18-27(19-32(21-31)40-25-39(26-40)16-9-10-17-39)23-45-34-15-8-7-12-30(34)22-35(42)44-6/h7-8,11-15,18-21,33H,9-10,16-17,22-26H2,1-6H3/t33-/m0/s1. The van der Waals surface area contributed by atoms with Gasteiger partial charge < -0.3 is 23.8 Å². The van der Waals surface area contributed by atoms with Gasteiger partial charge in [0.2, 0.25) is 0 Å². The molecule has 2 aliphatic heterocycles. The van der Waals surface area contributed by atoms with Crippen molar-refractivity contribution in [2.75, 3.05) is 31.7 Å². The van der Waals surface area contributed by atoms with Crippen LogP contribution >= 0.6 is 0 Å². The van der Waals surface area contributed by atoms with Crippen LogP contribution in [0.1, 0.15) is 83.0 Å². The smallest absolute Gasteiger partial charge is 0.413 e. The van der Waals surface area contributed by atoms with Crippen molar-refractivity contribution in [3.63, 3.8) is 0 Å². The van der Waals surface area contributed by atoms with Crippen molar-refractivity contribution >= 4 is 17.7 Å². The molecule has 3 aromatic carbocycles. The maximum absolute atomic E-state index is 13.4. The van der Waals surface area contributed by atoms with Crippen molar-refractivity contribution in [1.82, 2.24) is 4.90 Å². The van der Waals surface area contributed by atoms with Gasteiger partial charge in [0.15, 0.2) is 0 Å². The Hall–Kier alpha value is -4.04. The number of methoxy groups -OCH3 is 1. The van der Waals surface area contributed by atoms with Crippen molar-refractivity contribution in [3.8, 4) is 16.9 Å². The third-order valence-electron chi connectivity index (χ3n) is 9.67. The number of hydrogen-bond acceptors (Lipinski definition) is 7. The molecular weight excluding hydrogens is 592 g/mol. The second kappa shape index (κ2) is 12.9. The molecule has 1 spiro atoms. The molecule has 2 saturated heterocycles. The summed E-state index contributed by atoms with van der Waals surface area (Å²) in [4.78, 5) is 29.6. The van der Waals surface area contributed by atoms with E-state index >= 15 is 0 Å². The molecule has 0 bridgehead atoms. The topological polar surface area (TPSA) is 77.5 Å². The number of carbonyl (C=O) groups excluding carboxylic acids is 2. The number of para-hydroxylation sites is 1. The average molecular weight is 641 g/mol. The quantitative estimate of drug-likeness (QED) is 0.231. The molecule has 0 aromatic heterocycles. The number of nitrogens with zero attached hydrogens (tertiary/aromatic N) is 2. The highest BCUT2D eigenvalue weighted by atomic mass is 16.6. The van der Waals surface area contributed by atoms with E-state index in [4.69, 9.17) is 18.9 Å². The van der Waals surface area contributed by atoms with Gasteiger partial charge in [-0.2, -0.15) is 0 Å². The van der Waals surface area contributed by atoms with Crippen molar-refractivity contribution in [1.29, 1.82) is 0 Å². The first kappa shape index (κ1) is 32.9. The Labute approximate surface area is 278 Å². The summed E-state index contributed by atoms with van der Waals surface area (Å²) < 4.78 is 23.2. The second-order valence-corrected chi connectivity index (χ2v) is 14.8. The highest BCUT2D eigenvalue weighted by molar-refractivity contribution is 5.74. The van der Waals surface area contributed by atoms with Gasteiger partial charge >= 0.3 is 12.1 Å². The summed E-state index contributed by atoms with van der Waals surface area (Å²) in [5.74, 6) is 0.372. The van der Waals surface area contributed by atoms with E-state index in [1.54, 1.807) is 4.90 Å². The Morgan fingerprint density at radius 3 is 2.40 bits per heavy atom. The Morgan fingerprint density at radius 1 is 0.936 bits per heavy atom. The third-order valence-corrected chi connectivity index (χ3v) is 9.67. The molecule has 3 fully saturated rings. The molecule has 0 radical (unpaired) electrons. The lowest BCUT2D eigenvalue weighted by Crippen LogP contribution is -2.55. The molecule has 8 heteroatoms. The summed E-state index contributed by atoms with van der Waals surface area (Å²) in [5.41, 5.74) is 5.21. The number of anilines is 1. The van der Waals surface area contributed by atoms with Gasteiger partial charge in [-0.25, -0.2) is 4.79 Å². The highest BCUT2D eigenvalue weighted by Crippen LogP contribution is 2.47. The van der Waals surface area contributed by atoms with Gasteiger partial charge in [-0.15, -0.1) is 0 Å². The molecule has 1 amide bonds. The van der Waals surface area contributed by atoms with Crippen molar-refractivity contribution in [3.05, 3.63) is 83.4 Å². The van der Waals surface area contributed by atoms with Gasteiger partial charge in [-0.1, -0.05) is 49.2 Å². The van der Waals surface area contributed by atoms with E-state index in [2.05, 4.69) is 41.3 Å².